The average molecular weight is 344 g/mol. The lowest BCUT2D eigenvalue weighted by molar-refractivity contribution is 0.0457. The predicted octanol–water partition coefficient (Wildman–Crippen LogP) is 4.84. The fourth-order valence-corrected chi connectivity index (χ4v) is 2.88. The molecule has 128 valence electrons. The molecule has 2 aromatic carbocycles. The SMILES string of the molecule is COc1cccc(C(S)c2cccc(C)c2C(=O)OCC(C)C)c1. The third-order valence-electron chi connectivity index (χ3n) is 3.76. The van der Waals surface area contributed by atoms with Gasteiger partial charge in [-0.3, -0.25) is 0 Å². The quantitative estimate of drug-likeness (QED) is 0.602. The van der Waals surface area contributed by atoms with Gasteiger partial charge in [-0.25, -0.2) is 4.79 Å². The number of methoxy groups -OCH3 is 1. The molecular formula is C20H24O3S. The number of ether oxygens (including phenoxy) is 2. The van der Waals surface area contributed by atoms with Gasteiger partial charge in [0.2, 0.25) is 0 Å². The molecule has 0 heterocycles. The topological polar surface area (TPSA) is 35.5 Å². The summed E-state index contributed by atoms with van der Waals surface area (Å²) in [7, 11) is 1.63. The second-order valence-electron chi connectivity index (χ2n) is 6.21. The smallest absolute Gasteiger partial charge is 0.338 e. The van der Waals surface area contributed by atoms with Crippen LogP contribution in [0.15, 0.2) is 42.5 Å². The van der Waals surface area contributed by atoms with E-state index in [0.717, 1.165) is 22.4 Å². The molecule has 0 N–H and O–H groups in total. The van der Waals surface area contributed by atoms with Crippen molar-refractivity contribution in [2.24, 2.45) is 5.92 Å². The molecule has 4 heteroatoms. The van der Waals surface area contributed by atoms with E-state index in [9.17, 15) is 4.79 Å². The molecular weight excluding hydrogens is 320 g/mol. The van der Waals surface area contributed by atoms with Gasteiger partial charge in [0.1, 0.15) is 5.75 Å². The zero-order valence-electron chi connectivity index (χ0n) is 14.6. The van der Waals surface area contributed by atoms with E-state index < -0.39 is 0 Å². The monoisotopic (exact) mass is 344 g/mol. The van der Waals surface area contributed by atoms with E-state index in [4.69, 9.17) is 22.1 Å². The molecule has 0 aliphatic carbocycles. The molecule has 0 aliphatic heterocycles. The summed E-state index contributed by atoms with van der Waals surface area (Å²) in [6.07, 6.45) is 0. The van der Waals surface area contributed by atoms with Crippen LogP contribution >= 0.6 is 12.6 Å². The van der Waals surface area contributed by atoms with Crippen LogP contribution in [0.3, 0.4) is 0 Å². The van der Waals surface area contributed by atoms with Gasteiger partial charge in [0.15, 0.2) is 0 Å². The Bertz CT molecular complexity index is 710. The Morgan fingerprint density at radius 3 is 2.54 bits per heavy atom. The number of carbonyl (C=O) groups is 1. The molecule has 2 rings (SSSR count). The summed E-state index contributed by atoms with van der Waals surface area (Å²) in [5.41, 5.74) is 3.31. The van der Waals surface area contributed by atoms with Crippen molar-refractivity contribution in [2.45, 2.75) is 26.0 Å². The largest absolute Gasteiger partial charge is 0.497 e. The van der Waals surface area contributed by atoms with Crippen molar-refractivity contribution in [2.75, 3.05) is 13.7 Å². The van der Waals surface area contributed by atoms with Gasteiger partial charge in [-0.05, 0) is 41.7 Å². The van der Waals surface area contributed by atoms with E-state index in [1.165, 1.54) is 0 Å². The van der Waals surface area contributed by atoms with Crippen molar-refractivity contribution < 1.29 is 14.3 Å². The molecule has 0 radical (unpaired) electrons. The zero-order valence-corrected chi connectivity index (χ0v) is 15.5. The van der Waals surface area contributed by atoms with Gasteiger partial charge in [0.05, 0.1) is 24.5 Å². The summed E-state index contributed by atoms with van der Waals surface area (Å²) in [4.78, 5) is 12.6. The van der Waals surface area contributed by atoms with Crippen LogP contribution in [-0.4, -0.2) is 19.7 Å². The maximum atomic E-state index is 12.6. The summed E-state index contributed by atoms with van der Waals surface area (Å²) < 4.78 is 10.7. The molecule has 24 heavy (non-hydrogen) atoms. The van der Waals surface area contributed by atoms with Crippen LogP contribution in [0.2, 0.25) is 0 Å². The molecule has 0 spiro atoms. The van der Waals surface area contributed by atoms with Crippen molar-refractivity contribution in [1.29, 1.82) is 0 Å². The highest BCUT2D eigenvalue weighted by Crippen LogP contribution is 2.34. The first-order valence-electron chi connectivity index (χ1n) is 8.02. The second-order valence-corrected chi connectivity index (χ2v) is 6.73. The number of thiol groups is 1. The average Bonchev–Trinajstić information content (AvgIpc) is 2.58. The maximum Gasteiger partial charge on any atom is 0.338 e. The zero-order chi connectivity index (χ0) is 17.7. The Morgan fingerprint density at radius 2 is 1.88 bits per heavy atom. The highest BCUT2D eigenvalue weighted by atomic mass is 32.1. The van der Waals surface area contributed by atoms with Crippen molar-refractivity contribution in [3.63, 3.8) is 0 Å². The molecule has 0 aromatic heterocycles. The van der Waals surface area contributed by atoms with Crippen LogP contribution in [0.25, 0.3) is 0 Å². The Labute approximate surface area is 149 Å². The fourth-order valence-electron chi connectivity index (χ4n) is 2.50. The lowest BCUT2D eigenvalue weighted by Crippen LogP contribution is -2.14. The number of benzene rings is 2. The van der Waals surface area contributed by atoms with Crippen molar-refractivity contribution in [3.05, 3.63) is 64.7 Å². The Kier molecular flexibility index (Phi) is 6.32. The minimum absolute atomic E-state index is 0.235. The molecule has 0 saturated heterocycles. The number of aryl methyl sites for hydroxylation is 1. The fraction of sp³-hybridized carbons (Fsp3) is 0.350. The van der Waals surface area contributed by atoms with Crippen LogP contribution in [0.5, 0.6) is 5.75 Å². The van der Waals surface area contributed by atoms with Gasteiger partial charge in [0.25, 0.3) is 0 Å². The Balaban J connectivity index is 2.38. The molecule has 0 fully saturated rings. The Morgan fingerprint density at radius 1 is 1.17 bits per heavy atom. The van der Waals surface area contributed by atoms with Crippen molar-refractivity contribution >= 4 is 18.6 Å². The second kappa shape index (κ2) is 8.25. The maximum absolute atomic E-state index is 12.6. The normalized spacial score (nSPS) is 12.1. The molecule has 0 aliphatic rings. The molecule has 1 unspecified atom stereocenters. The van der Waals surface area contributed by atoms with Gasteiger partial charge < -0.3 is 9.47 Å². The third-order valence-corrected chi connectivity index (χ3v) is 4.34. The van der Waals surface area contributed by atoms with Crippen LogP contribution in [0.1, 0.15) is 46.1 Å². The highest BCUT2D eigenvalue weighted by molar-refractivity contribution is 7.80. The number of esters is 1. The first-order valence-corrected chi connectivity index (χ1v) is 8.54. The van der Waals surface area contributed by atoms with Gasteiger partial charge in [-0.2, -0.15) is 12.6 Å². The summed E-state index contributed by atoms with van der Waals surface area (Å²) in [5, 5.41) is -0.235. The molecule has 3 nitrogen and oxygen atoms in total. The standard InChI is InChI=1S/C20H24O3S/c1-13(2)12-23-20(21)18-14(3)7-5-10-17(18)19(24)15-8-6-9-16(11-15)22-4/h5-11,13,19,24H,12H2,1-4H3. The number of carbonyl (C=O) groups excluding carboxylic acids is 1. The first-order chi connectivity index (χ1) is 11.4. The van der Waals surface area contributed by atoms with Crippen LogP contribution in [0.4, 0.5) is 0 Å². The summed E-state index contributed by atoms with van der Waals surface area (Å²) in [6, 6.07) is 13.5. The third kappa shape index (κ3) is 4.32. The van der Waals surface area contributed by atoms with Crippen LogP contribution in [-0.2, 0) is 4.74 Å². The summed E-state index contributed by atoms with van der Waals surface area (Å²) in [5.74, 6) is 0.772. The number of hydrogen-bond donors (Lipinski definition) is 1. The molecule has 2 aromatic rings. The lowest BCUT2D eigenvalue weighted by atomic mass is 9.95. The molecule has 0 saturated carbocycles. The van der Waals surface area contributed by atoms with Gasteiger partial charge in [-0.15, -0.1) is 0 Å². The van der Waals surface area contributed by atoms with Crippen LogP contribution in [0, 0.1) is 12.8 Å². The minimum atomic E-state index is -0.293. The van der Waals surface area contributed by atoms with E-state index in [2.05, 4.69) is 0 Å². The summed E-state index contributed by atoms with van der Waals surface area (Å²) >= 11 is 4.75. The highest BCUT2D eigenvalue weighted by Gasteiger charge is 2.21. The Hall–Kier alpha value is -1.94. The van der Waals surface area contributed by atoms with E-state index in [1.807, 2.05) is 63.2 Å². The minimum Gasteiger partial charge on any atom is -0.497 e. The summed E-state index contributed by atoms with van der Waals surface area (Å²) in [6.45, 7) is 6.36. The van der Waals surface area contributed by atoms with Gasteiger partial charge in [-0.1, -0.05) is 44.2 Å². The van der Waals surface area contributed by atoms with Crippen LogP contribution < -0.4 is 4.74 Å². The van der Waals surface area contributed by atoms with E-state index in [-0.39, 0.29) is 11.2 Å². The molecule has 1 atom stereocenters. The van der Waals surface area contributed by atoms with E-state index in [0.29, 0.717) is 18.1 Å². The van der Waals surface area contributed by atoms with E-state index >= 15 is 0 Å². The lowest BCUT2D eigenvalue weighted by Gasteiger charge is -2.18. The first kappa shape index (κ1) is 18.4. The van der Waals surface area contributed by atoms with E-state index in [1.54, 1.807) is 7.11 Å². The van der Waals surface area contributed by atoms with Crippen molar-refractivity contribution in [3.8, 4) is 5.75 Å². The number of rotatable bonds is 6. The van der Waals surface area contributed by atoms with Gasteiger partial charge >= 0.3 is 5.97 Å². The predicted molar refractivity (Wildman–Crippen MR) is 100 cm³/mol. The van der Waals surface area contributed by atoms with Crippen molar-refractivity contribution in [1.82, 2.24) is 0 Å². The molecule has 0 bridgehead atoms. The number of hydrogen-bond acceptors (Lipinski definition) is 4. The molecule has 0 amide bonds. The van der Waals surface area contributed by atoms with Gasteiger partial charge in [0, 0.05) is 0 Å².